The van der Waals surface area contributed by atoms with Crippen LogP contribution in [0.25, 0.3) is 0 Å². The van der Waals surface area contributed by atoms with E-state index in [0.29, 0.717) is 19.7 Å². The number of nitrogens with zero attached hydrogens (tertiary/aromatic N) is 1. The van der Waals surface area contributed by atoms with Gasteiger partial charge in [-0.05, 0) is 38.4 Å². The molecule has 1 aliphatic rings. The minimum atomic E-state index is -0.965. The number of aliphatic carboxylic acids is 1. The monoisotopic (exact) mass is 292 g/mol. The molecule has 116 valence electrons. The summed E-state index contributed by atoms with van der Waals surface area (Å²) in [5.41, 5.74) is 0.00812. The Balaban J connectivity index is 2.22. The fourth-order valence-corrected chi connectivity index (χ4v) is 2.54. The van der Waals surface area contributed by atoms with Gasteiger partial charge in [-0.2, -0.15) is 0 Å². The second-order valence-electron chi connectivity index (χ2n) is 5.66. The Bertz CT molecular complexity index is 492. The number of carbonyl (C=O) groups is 1. The lowest BCUT2D eigenvalue weighted by atomic mass is 10.0. The van der Waals surface area contributed by atoms with Crippen LogP contribution in [-0.4, -0.2) is 42.9 Å². The zero-order valence-corrected chi connectivity index (χ0v) is 12.8. The van der Waals surface area contributed by atoms with E-state index >= 15 is 0 Å². The highest BCUT2D eigenvalue weighted by Gasteiger charge is 2.35. The lowest BCUT2D eigenvalue weighted by molar-refractivity contribution is -0.143. The van der Waals surface area contributed by atoms with Gasteiger partial charge < -0.3 is 20.1 Å². The molecule has 0 aliphatic carbocycles. The van der Waals surface area contributed by atoms with Crippen molar-refractivity contribution in [2.75, 3.05) is 31.1 Å². The minimum Gasteiger partial charge on any atom is -0.491 e. The van der Waals surface area contributed by atoms with Gasteiger partial charge in [0.15, 0.2) is 0 Å². The van der Waals surface area contributed by atoms with Crippen molar-refractivity contribution < 1.29 is 14.6 Å². The normalized spacial score (nSPS) is 17.3. The summed E-state index contributed by atoms with van der Waals surface area (Å²) in [6, 6.07) is 7.82. The molecule has 2 N–H and O–H groups in total. The molecule has 5 heteroatoms. The third kappa shape index (κ3) is 3.67. The van der Waals surface area contributed by atoms with Gasteiger partial charge in [0, 0.05) is 13.1 Å². The Hall–Kier alpha value is -1.75. The second-order valence-corrected chi connectivity index (χ2v) is 5.66. The first-order valence-corrected chi connectivity index (χ1v) is 7.52. The first-order valence-electron chi connectivity index (χ1n) is 7.52. The van der Waals surface area contributed by atoms with Crippen LogP contribution in [-0.2, 0) is 4.79 Å². The highest BCUT2D eigenvalue weighted by molar-refractivity contribution is 5.79. The van der Waals surface area contributed by atoms with E-state index in [0.717, 1.165) is 30.8 Å². The van der Waals surface area contributed by atoms with Gasteiger partial charge in [0.25, 0.3) is 0 Å². The first kappa shape index (κ1) is 15.6. The maximum Gasteiger partial charge on any atom is 0.325 e. The highest BCUT2D eigenvalue weighted by atomic mass is 16.5. The number of ether oxygens (including phenoxy) is 1. The number of para-hydroxylation sites is 2. The maximum atomic E-state index is 11.7. The van der Waals surface area contributed by atoms with Crippen LogP contribution < -0.4 is 15.0 Å². The van der Waals surface area contributed by atoms with E-state index in [2.05, 4.69) is 10.2 Å². The molecule has 1 aliphatic heterocycles. The molecular formula is C16H24N2O3. The number of carboxylic acid groups (broad SMARTS) is 1. The molecule has 0 radical (unpaired) electrons. The van der Waals surface area contributed by atoms with Crippen molar-refractivity contribution in [2.24, 2.45) is 0 Å². The van der Waals surface area contributed by atoms with E-state index in [1.807, 2.05) is 31.2 Å². The van der Waals surface area contributed by atoms with Gasteiger partial charge in [-0.1, -0.05) is 19.1 Å². The molecule has 2 rings (SSSR count). The number of rotatable bonds is 6. The highest BCUT2D eigenvalue weighted by Crippen LogP contribution is 2.31. The molecule has 0 aromatic heterocycles. The molecule has 1 aromatic carbocycles. The van der Waals surface area contributed by atoms with Gasteiger partial charge in [-0.15, -0.1) is 0 Å². The van der Waals surface area contributed by atoms with Crippen molar-refractivity contribution >= 4 is 11.7 Å². The van der Waals surface area contributed by atoms with E-state index < -0.39 is 11.5 Å². The smallest absolute Gasteiger partial charge is 0.325 e. The zero-order valence-electron chi connectivity index (χ0n) is 12.8. The number of fused-ring (bicyclic) bond motifs is 1. The van der Waals surface area contributed by atoms with Crippen molar-refractivity contribution in [3.63, 3.8) is 0 Å². The summed E-state index contributed by atoms with van der Waals surface area (Å²) < 4.78 is 5.73. The van der Waals surface area contributed by atoms with E-state index in [-0.39, 0.29) is 0 Å². The molecule has 1 unspecified atom stereocenters. The second kappa shape index (κ2) is 6.80. The topological polar surface area (TPSA) is 61.8 Å². The fourth-order valence-electron chi connectivity index (χ4n) is 2.54. The molecule has 5 nitrogen and oxygen atoms in total. The van der Waals surface area contributed by atoms with Crippen molar-refractivity contribution in [2.45, 2.75) is 32.2 Å². The maximum absolute atomic E-state index is 11.7. The van der Waals surface area contributed by atoms with Crippen LogP contribution in [0.15, 0.2) is 24.3 Å². The third-order valence-corrected chi connectivity index (χ3v) is 3.78. The van der Waals surface area contributed by atoms with E-state index in [4.69, 9.17) is 4.74 Å². The van der Waals surface area contributed by atoms with E-state index in [1.54, 1.807) is 6.92 Å². The first-order chi connectivity index (χ1) is 10.1. The predicted octanol–water partition coefficient (Wildman–Crippen LogP) is 2.12. The molecule has 0 saturated carbocycles. The number of hydrogen-bond acceptors (Lipinski definition) is 4. The summed E-state index contributed by atoms with van der Waals surface area (Å²) in [5.74, 6) is 0.0110. The standard InChI is InChI=1S/C16H24N2O3/c1-3-9-17-16(2,15(19)20)12-18-10-6-11-21-14-8-5-4-7-13(14)18/h4-5,7-8,17H,3,6,9-12H2,1-2H3,(H,19,20). The van der Waals surface area contributed by atoms with E-state index in [9.17, 15) is 9.90 Å². The molecule has 0 spiro atoms. The van der Waals surface area contributed by atoms with Gasteiger partial charge in [0.1, 0.15) is 11.3 Å². The van der Waals surface area contributed by atoms with Gasteiger partial charge in [0.05, 0.1) is 12.3 Å². The summed E-state index contributed by atoms with van der Waals surface area (Å²) in [5, 5.41) is 12.7. The van der Waals surface area contributed by atoms with Crippen molar-refractivity contribution in [3.8, 4) is 5.75 Å². The molecule has 0 saturated heterocycles. The number of carboxylic acids is 1. The molecular weight excluding hydrogens is 268 g/mol. The molecule has 0 amide bonds. The molecule has 0 bridgehead atoms. The van der Waals surface area contributed by atoms with Crippen LogP contribution in [0.1, 0.15) is 26.7 Å². The Morgan fingerprint density at radius 1 is 1.48 bits per heavy atom. The van der Waals surface area contributed by atoms with E-state index in [1.165, 1.54) is 0 Å². The van der Waals surface area contributed by atoms with Crippen molar-refractivity contribution in [3.05, 3.63) is 24.3 Å². The molecule has 1 aromatic rings. The lowest BCUT2D eigenvalue weighted by Crippen LogP contribution is -2.57. The molecule has 0 fully saturated rings. The zero-order chi connectivity index (χ0) is 15.3. The predicted molar refractivity (Wildman–Crippen MR) is 83.1 cm³/mol. The average molecular weight is 292 g/mol. The van der Waals surface area contributed by atoms with Crippen LogP contribution in [0.3, 0.4) is 0 Å². The van der Waals surface area contributed by atoms with Gasteiger partial charge in [0.2, 0.25) is 0 Å². The third-order valence-electron chi connectivity index (χ3n) is 3.78. The Morgan fingerprint density at radius 3 is 2.95 bits per heavy atom. The quantitative estimate of drug-likeness (QED) is 0.841. The van der Waals surface area contributed by atoms with Gasteiger partial charge in [-0.3, -0.25) is 4.79 Å². The summed E-state index contributed by atoms with van der Waals surface area (Å²) in [6.45, 7) is 6.36. The number of hydrogen-bond donors (Lipinski definition) is 2. The summed E-state index contributed by atoms with van der Waals surface area (Å²) >= 11 is 0. The van der Waals surface area contributed by atoms with Crippen LogP contribution in [0.4, 0.5) is 5.69 Å². The van der Waals surface area contributed by atoms with Crippen LogP contribution >= 0.6 is 0 Å². The Labute approximate surface area is 125 Å². The molecule has 21 heavy (non-hydrogen) atoms. The summed E-state index contributed by atoms with van der Waals surface area (Å²) in [7, 11) is 0. The van der Waals surface area contributed by atoms with Gasteiger partial charge >= 0.3 is 5.97 Å². The lowest BCUT2D eigenvalue weighted by Gasteiger charge is -2.34. The summed E-state index contributed by atoms with van der Waals surface area (Å²) in [6.07, 6.45) is 1.79. The Morgan fingerprint density at radius 2 is 2.24 bits per heavy atom. The van der Waals surface area contributed by atoms with Crippen LogP contribution in [0.2, 0.25) is 0 Å². The number of nitrogens with one attached hydrogen (secondary N) is 1. The van der Waals surface area contributed by atoms with Crippen LogP contribution in [0, 0.1) is 0 Å². The Kier molecular flexibility index (Phi) is 5.07. The fraction of sp³-hybridized carbons (Fsp3) is 0.562. The summed E-state index contributed by atoms with van der Waals surface area (Å²) in [4.78, 5) is 13.8. The SMILES string of the molecule is CCCNC(C)(CN1CCCOc2ccccc21)C(=O)O. The molecule has 1 heterocycles. The van der Waals surface area contributed by atoms with Gasteiger partial charge in [-0.25, -0.2) is 0 Å². The largest absolute Gasteiger partial charge is 0.491 e. The minimum absolute atomic E-state index is 0.419. The number of anilines is 1. The van der Waals surface area contributed by atoms with Crippen LogP contribution in [0.5, 0.6) is 5.75 Å². The number of benzene rings is 1. The average Bonchev–Trinajstić information content (AvgIpc) is 2.68. The van der Waals surface area contributed by atoms with Crippen molar-refractivity contribution in [1.82, 2.24) is 5.32 Å². The molecule has 1 atom stereocenters. The van der Waals surface area contributed by atoms with Crippen molar-refractivity contribution in [1.29, 1.82) is 0 Å².